The molecule has 2 N–H and O–H groups in total. The quantitative estimate of drug-likeness (QED) is 0.649. The van der Waals surface area contributed by atoms with Crippen molar-refractivity contribution in [2.24, 2.45) is 5.41 Å². The van der Waals surface area contributed by atoms with Gasteiger partial charge in [0.15, 0.2) is 11.5 Å². The molecule has 8 nitrogen and oxygen atoms in total. The summed E-state index contributed by atoms with van der Waals surface area (Å²) in [7, 11) is 2.97. The number of rotatable bonds is 7. The molecule has 0 bridgehead atoms. The molecule has 1 aliphatic rings. The van der Waals surface area contributed by atoms with Crippen LogP contribution in [0.4, 0.5) is 4.39 Å². The van der Waals surface area contributed by atoms with E-state index in [-0.39, 0.29) is 41.5 Å². The van der Waals surface area contributed by atoms with E-state index in [1.807, 2.05) is 0 Å². The van der Waals surface area contributed by atoms with Gasteiger partial charge in [0.05, 0.1) is 23.1 Å². The molecule has 2 heterocycles. The molecule has 32 heavy (non-hydrogen) atoms. The van der Waals surface area contributed by atoms with Crippen molar-refractivity contribution in [3.8, 4) is 5.75 Å². The second kappa shape index (κ2) is 9.40. The smallest absolute Gasteiger partial charge is 0.257 e. The summed E-state index contributed by atoms with van der Waals surface area (Å²) in [5.74, 6) is -2.79. The summed E-state index contributed by atoms with van der Waals surface area (Å²) >= 11 is 5.74. The standard InChI is InChI=1S/C22H24ClFN2O6/c1-22(7-8-31-2)15(32-3)11-26-10-13(18(27)19(28)17(26)20(22)29)21(30)25-9-12-5-4-6-14(23)16(12)24/h4-6,10,15,28H,7-9,11H2,1-3H3,(H,25,30). The Morgan fingerprint density at radius 3 is 2.75 bits per heavy atom. The lowest BCUT2D eigenvalue weighted by Gasteiger charge is -2.40. The third-order valence-electron chi connectivity index (χ3n) is 5.89. The van der Waals surface area contributed by atoms with Crippen molar-refractivity contribution in [2.45, 2.75) is 32.5 Å². The normalized spacial score (nSPS) is 20.2. The van der Waals surface area contributed by atoms with Gasteiger partial charge >= 0.3 is 0 Å². The monoisotopic (exact) mass is 466 g/mol. The minimum Gasteiger partial charge on any atom is -0.503 e. The number of amides is 1. The fraction of sp³-hybridized carbons (Fsp3) is 0.409. The zero-order valence-corrected chi connectivity index (χ0v) is 18.7. The molecule has 0 saturated carbocycles. The van der Waals surface area contributed by atoms with Crippen LogP contribution in [0.15, 0.2) is 29.2 Å². The number of aromatic nitrogens is 1. The lowest BCUT2D eigenvalue weighted by Crippen LogP contribution is -2.50. The third-order valence-corrected chi connectivity index (χ3v) is 6.18. The fourth-order valence-corrected chi connectivity index (χ4v) is 4.06. The van der Waals surface area contributed by atoms with Crippen molar-refractivity contribution in [3.05, 3.63) is 62.3 Å². The molecule has 2 aromatic rings. The third kappa shape index (κ3) is 4.15. The molecule has 1 aromatic heterocycles. The van der Waals surface area contributed by atoms with Crippen molar-refractivity contribution >= 4 is 23.3 Å². The van der Waals surface area contributed by atoms with Gasteiger partial charge in [0, 0.05) is 39.1 Å². The average Bonchev–Trinajstić information content (AvgIpc) is 2.77. The maximum atomic E-state index is 14.1. The zero-order valence-electron chi connectivity index (χ0n) is 17.9. The van der Waals surface area contributed by atoms with E-state index >= 15 is 0 Å². The number of nitrogens with zero attached hydrogens (tertiary/aromatic N) is 1. The minimum atomic E-state index is -1.03. The largest absolute Gasteiger partial charge is 0.503 e. The molecule has 3 rings (SSSR count). The van der Waals surface area contributed by atoms with Crippen LogP contribution in [0, 0.1) is 11.2 Å². The van der Waals surface area contributed by atoms with Gasteiger partial charge < -0.3 is 24.5 Å². The zero-order chi connectivity index (χ0) is 23.6. The molecule has 1 aliphatic heterocycles. The summed E-state index contributed by atoms with van der Waals surface area (Å²) in [6, 6.07) is 4.35. The van der Waals surface area contributed by atoms with Crippen LogP contribution >= 0.6 is 11.6 Å². The first kappa shape index (κ1) is 23.9. The van der Waals surface area contributed by atoms with Gasteiger partial charge in [-0.2, -0.15) is 0 Å². The maximum Gasteiger partial charge on any atom is 0.257 e. The highest BCUT2D eigenvalue weighted by Gasteiger charge is 2.48. The van der Waals surface area contributed by atoms with E-state index in [2.05, 4.69) is 5.32 Å². The number of hydrogen-bond donors (Lipinski definition) is 2. The summed E-state index contributed by atoms with van der Waals surface area (Å²) < 4.78 is 26.0. The fourth-order valence-electron chi connectivity index (χ4n) is 3.87. The van der Waals surface area contributed by atoms with Crippen LogP contribution in [0.5, 0.6) is 5.75 Å². The van der Waals surface area contributed by atoms with Crippen LogP contribution < -0.4 is 10.7 Å². The molecule has 0 aliphatic carbocycles. The number of benzene rings is 1. The minimum absolute atomic E-state index is 0.0936. The van der Waals surface area contributed by atoms with E-state index in [4.69, 9.17) is 21.1 Å². The van der Waals surface area contributed by atoms with Gasteiger partial charge in [0.2, 0.25) is 5.43 Å². The number of carbonyl (C=O) groups is 2. The number of nitrogens with one attached hydrogen (secondary N) is 1. The Labute approximate surface area is 188 Å². The molecule has 1 aromatic carbocycles. The number of ketones is 1. The van der Waals surface area contributed by atoms with Crippen molar-refractivity contribution < 1.29 is 28.6 Å². The number of pyridine rings is 1. The summed E-state index contributed by atoms with van der Waals surface area (Å²) in [6.45, 7) is 1.89. The average molecular weight is 467 g/mol. The number of methoxy groups -OCH3 is 2. The molecular formula is C22H24ClFN2O6. The number of Topliss-reactive ketones (excluding diaryl/α,β-unsaturated/α-hetero) is 1. The SMILES string of the molecule is COCCC1(C)C(=O)c2c(O)c(=O)c(C(=O)NCc3cccc(Cl)c3F)cn2CC1OC. The Hall–Kier alpha value is -2.75. The second-order valence-corrected chi connectivity index (χ2v) is 8.24. The number of carbonyl (C=O) groups excluding carboxylic acids is 2. The van der Waals surface area contributed by atoms with E-state index in [0.29, 0.717) is 6.42 Å². The maximum absolute atomic E-state index is 14.1. The molecule has 0 saturated heterocycles. The molecule has 172 valence electrons. The van der Waals surface area contributed by atoms with Gasteiger partial charge in [-0.15, -0.1) is 0 Å². The Morgan fingerprint density at radius 1 is 1.38 bits per heavy atom. The molecule has 0 spiro atoms. The van der Waals surface area contributed by atoms with Gasteiger partial charge in [-0.05, 0) is 19.4 Å². The predicted octanol–water partition coefficient (Wildman–Crippen LogP) is 2.53. The summed E-state index contributed by atoms with van der Waals surface area (Å²) in [6.07, 6.45) is 0.957. The Morgan fingerprint density at radius 2 is 2.09 bits per heavy atom. The van der Waals surface area contributed by atoms with E-state index < -0.39 is 40.2 Å². The highest BCUT2D eigenvalue weighted by molar-refractivity contribution is 6.30. The van der Waals surface area contributed by atoms with Crippen LogP contribution in [-0.4, -0.2) is 48.3 Å². The van der Waals surface area contributed by atoms with Gasteiger partial charge in [-0.3, -0.25) is 14.4 Å². The van der Waals surface area contributed by atoms with Crippen molar-refractivity contribution in [2.75, 3.05) is 20.8 Å². The van der Waals surface area contributed by atoms with Crippen LogP contribution in [-0.2, 0) is 22.6 Å². The first-order valence-electron chi connectivity index (χ1n) is 9.89. The van der Waals surface area contributed by atoms with Crippen LogP contribution in [0.3, 0.4) is 0 Å². The summed E-state index contributed by atoms with van der Waals surface area (Å²) in [5.41, 5.74) is -2.44. The van der Waals surface area contributed by atoms with E-state index in [1.165, 1.54) is 43.2 Å². The van der Waals surface area contributed by atoms with Crippen LogP contribution in [0.25, 0.3) is 0 Å². The van der Waals surface area contributed by atoms with Crippen molar-refractivity contribution in [3.63, 3.8) is 0 Å². The number of hydrogen-bond acceptors (Lipinski definition) is 6. The molecule has 0 fully saturated rings. The van der Waals surface area contributed by atoms with E-state index in [9.17, 15) is 23.9 Å². The highest BCUT2D eigenvalue weighted by atomic mass is 35.5. The Bertz CT molecular complexity index is 1120. The number of ether oxygens (including phenoxy) is 2. The number of halogens is 2. The summed E-state index contributed by atoms with van der Waals surface area (Å²) in [4.78, 5) is 38.6. The lowest BCUT2D eigenvalue weighted by atomic mass is 9.73. The number of aromatic hydroxyl groups is 1. The predicted molar refractivity (Wildman–Crippen MR) is 115 cm³/mol. The molecule has 1 amide bonds. The molecule has 0 radical (unpaired) electrons. The van der Waals surface area contributed by atoms with Crippen molar-refractivity contribution in [1.29, 1.82) is 0 Å². The summed E-state index contributed by atoms with van der Waals surface area (Å²) in [5, 5.41) is 12.9. The van der Waals surface area contributed by atoms with E-state index in [1.54, 1.807) is 6.92 Å². The van der Waals surface area contributed by atoms with Gasteiger partial charge in [0.1, 0.15) is 17.1 Å². The van der Waals surface area contributed by atoms with E-state index in [0.717, 1.165) is 0 Å². The Kier molecular flexibility index (Phi) is 7.02. The first-order chi connectivity index (χ1) is 15.2. The highest BCUT2D eigenvalue weighted by Crippen LogP contribution is 2.39. The molecule has 2 atom stereocenters. The second-order valence-electron chi connectivity index (χ2n) is 7.83. The first-order valence-corrected chi connectivity index (χ1v) is 10.3. The topological polar surface area (TPSA) is 107 Å². The van der Waals surface area contributed by atoms with Gasteiger partial charge in [-0.25, -0.2) is 4.39 Å². The van der Waals surface area contributed by atoms with Gasteiger partial charge in [-0.1, -0.05) is 23.7 Å². The van der Waals surface area contributed by atoms with Crippen LogP contribution in [0.1, 0.15) is 39.8 Å². The molecule has 10 heteroatoms. The van der Waals surface area contributed by atoms with Gasteiger partial charge in [0.25, 0.3) is 5.91 Å². The van der Waals surface area contributed by atoms with Crippen LogP contribution in [0.2, 0.25) is 5.02 Å². The number of fused-ring (bicyclic) bond motifs is 1. The lowest BCUT2D eigenvalue weighted by molar-refractivity contribution is -0.0262. The molecule has 2 unspecified atom stereocenters. The van der Waals surface area contributed by atoms with Crippen molar-refractivity contribution in [1.82, 2.24) is 9.88 Å². The Balaban J connectivity index is 1.94. The molecular weight excluding hydrogens is 443 g/mol.